The molecule has 0 aliphatic heterocycles. The van der Waals surface area contributed by atoms with Crippen LogP contribution in [-0.2, 0) is 9.48 Å². The van der Waals surface area contributed by atoms with E-state index in [1.54, 1.807) is 26.2 Å². The highest BCUT2D eigenvalue weighted by atomic mass is 32.2. The molecule has 266 valence electrons. The van der Waals surface area contributed by atoms with Crippen molar-refractivity contribution in [1.29, 1.82) is 0 Å². The third-order valence-electron chi connectivity index (χ3n) is 8.46. The predicted octanol–water partition coefficient (Wildman–Crippen LogP) is 9.69. The molecule has 7 nitrogen and oxygen atoms in total. The molecule has 0 radical (unpaired) electrons. The molecule has 0 spiro atoms. The topological polar surface area (TPSA) is 79.3 Å². The van der Waals surface area contributed by atoms with Crippen LogP contribution in [0, 0.1) is 0 Å². The molecule has 0 aliphatic rings. The lowest BCUT2D eigenvalue weighted by Gasteiger charge is -2.35. The van der Waals surface area contributed by atoms with E-state index in [0.717, 1.165) is 30.6 Å². The van der Waals surface area contributed by atoms with Crippen LogP contribution in [0.3, 0.4) is 0 Å². The summed E-state index contributed by atoms with van der Waals surface area (Å²) in [5.41, 5.74) is 4.04. The second kappa shape index (κ2) is 18.6. The third-order valence-corrected chi connectivity index (χ3v) is 10.1. The molecule has 0 heterocycles. The van der Waals surface area contributed by atoms with Crippen LogP contribution in [0.25, 0.3) is 0 Å². The van der Waals surface area contributed by atoms with Gasteiger partial charge in [-0.15, -0.1) is 11.8 Å². The Bertz CT molecular complexity index is 1500. The van der Waals surface area contributed by atoms with Crippen molar-refractivity contribution in [2.75, 3.05) is 32.9 Å². The van der Waals surface area contributed by atoms with Gasteiger partial charge in [0.1, 0.15) is 11.4 Å². The molecule has 1 N–H and O–H groups in total. The van der Waals surface area contributed by atoms with E-state index in [4.69, 9.17) is 9.47 Å². The Kier molecular flexibility index (Phi) is 14.4. The average Bonchev–Trinajstić information content (AvgIpc) is 3.12. The maximum absolute atomic E-state index is 12.6. The minimum atomic E-state index is -0.589. The Labute approximate surface area is 302 Å². The van der Waals surface area contributed by atoms with Crippen LogP contribution >= 0.6 is 11.8 Å². The number of hydrogen-bond acceptors (Lipinski definition) is 6. The van der Waals surface area contributed by atoms with Gasteiger partial charge in [0.15, 0.2) is 0 Å². The van der Waals surface area contributed by atoms with Crippen molar-refractivity contribution in [1.82, 2.24) is 9.80 Å². The molecule has 4 rings (SSSR count). The minimum Gasteiger partial charge on any atom is -0.444 e. The first-order valence-electron chi connectivity index (χ1n) is 17.5. The van der Waals surface area contributed by atoms with E-state index in [1.165, 1.54) is 26.5 Å². The van der Waals surface area contributed by atoms with Gasteiger partial charge in [-0.2, -0.15) is 0 Å². The second-order valence-corrected chi connectivity index (χ2v) is 14.9. The van der Waals surface area contributed by atoms with Gasteiger partial charge in [-0.05, 0) is 80.2 Å². The van der Waals surface area contributed by atoms with Gasteiger partial charge < -0.3 is 24.4 Å². The highest BCUT2D eigenvalue weighted by Gasteiger charge is 2.36. The van der Waals surface area contributed by atoms with E-state index >= 15 is 0 Å². The van der Waals surface area contributed by atoms with E-state index in [9.17, 15) is 14.7 Å². The first-order chi connectivity index (χ1) is 24.0. The fraction of sp³-hybridized carbons (Fsp3) is 0.381. The average molecular weight is 697 g/mol. The number of benzene rings is 4. The molecule has 0 fully saturated rings. The van der Waals surface area contributed by atoms with Crippen molar-refractivity contribution in [2.24, 2.45) is 0 Å². The Balaban J connectivity index is 1.23. The fourth-order valence-electron chi connectivity index (χ4n) is 5.78. The first-order valence-corrected chi connectivity index (χ1v) is 18.4. The van der Waals surface area contributed by atoms with Crippen LogP contribution in [0.1, 0.15) is 81.2 Å². The standard InChI is InChI=1S/C42H52N2O5S/c1-41(2,3)49-40(47)44(5)31-18-30-43(4)39(46)48-37-28-26-33(27-29-37)38(45)25-16-9-17-32-50-42(34-19-10-6-11-20-34,35-21-12-7-13-22-35)36-23-14-8-15-24-36/h6-8,10-15,19-24,26-29,38,45H,9,16-18,25,30-32H2,1-5H3. The van der Waals surface area contributed by atoms with Crippen molar-refractivity contribution < 1.29 is 24.2 Å². The molecular weight excluding hydrogens is 645 g/mol. The SMILES string of the molecule is CN(CCCN(C)C(=O)OC(C)(C)C)C(=O)Oc1ccc(C(O)CCCCCSC(c2ccccc2)(c2ccccc2)c2ccccc2)cc1. The minimum absolute atomic E-state index is 0.318. The summed E-state index contributed by atoms with van der Waals surface area (Å²) in [5, 5.41) is 10.9. The smallest absolute Gasteiger partial charge is 0.414 e. The maximum Gasteiger partial charge on any atom is 0.414 e. The summed E-state index contributed by atoms with van der Waals surface area (Å²) in [7, 11) is 3.34. The summed E-state index contributed by atoms with van der Waals surface area (Å²) < 4.78 is 10.6. The Morgan fingerprint density at radius 3 is 1.62 bits per heavy atom. The first kappa shape index (κ1) is 38.5. The molecule has 1 unspecified atom stereocenters. The van der Waals surface area contributed by atoms with E-state index in [0.29, 0.717) is 31.7 Å². The highest BCUT2D eigenvalue weighted by Crippen LogP contribution is 2.48. The molecule has 50 heavy (non-hydrogen) atoms. The number of thioether (sulfide) groups is 1. The number of nitrogens with zero attached hydrogens (tertiary/aromatic N) is 2. The molecule has 0 bridgehead atoms. The zero-order chi connectivity index (χ0) is 36.0. The van der Waals surface area contributed by atoms with Gasteiger partial charge in [0.25, 0.3) is 0 Å². The summed E-state index contributed by atoms with van der Waals surface area (Å²) in [4.78, 5) is 27.7. The second-order valence-electron chi connectivity index (χ2n) is 13.6. The van der Waals surface area contributed by atoms with Crippen molar-refractivity contribution >= 4 is 23.9 Å². The number of rotatable bonds is 16. The Morgan fingerprint density at radius 2 is 1.14 bits per heavy atom. The number of hydrogen-bond donors (Lipinski definition) is 1. The number of aliphatic hydroxyl groups is 1. The van der Waals surface area contributed by atoms with Crippen molar-refractivity contribution in [3.63, 3.8) is 0 Å². The lowest BCUT2D eigenvalue weighted by Crippen LogP contribution is -2.37. The molecule has 1 atom stereocenters. The zero-order valence-electron chi connectivity index (χ0n) is 30.1. The highest BCUT2D eigenvalue weighted by molar-refractivity contribution is 8.00. The van der Waals surface area contributed by atoms with Crippen LogP contribution in [0.4, 0.5) is 9.59 Å². The van der Waals surface area contributed by atoms with Crippen molar-refractivity contribution in [3.8, 4) is 5.75 Å². The predicted molar refractivity (Wildman–Crippen MR) is 204 cm³/mol. The quantitative estimate of drug-likeness (QED) is 0.0929. The summed E-state index contributed by atoms with van der Waals surface area (Å²) >= 11 is 1.97. The molecule has 0 aromatic heterocycles. The summed E-state index contributed by atoms with van der Waals surface area (Å²) in [6.45, 7) is 6.35. The van der Waals surface area contributed by atoms with Crippen LogP contribution in [0.2, 0.25) is 0 Å². The van der Waals surface area contributed by atoms with Gasteiger partial charge in [0, 0.05) is 27.2 Å². The Hall–Kier alpha value is -4.27. The fourth-order valence-corrected chi connectivity index (χ4v) is 7.34. The third kappa shape index (κ3) is 11.1. The number of amides is 2. The van der Waals surface area contributed by atoms with E-state index in [2.05, 4.69) is 91.0 Å². The largest absolute Gasteiger partial charge is 0.444 e. The summed E-state index contributed by atoms with van der Waals surface area (Å²) in [6, 6.07) is 39.3. The Morgan fingerprint density at radius 1 is 0.660 bits per heavy atom. The van der Waals surface area contributed by atoms with Crippen molar-refractivity contribution in [3.05, 3.63) is 138 Å². The van der Waals surface area contributed by atoms with Crippen LogP contribution in [-0.4, -0.2) is 65.6 Å². The molecule has 0 aliphatic carbocycles. The summed E-state index contributed by atoms with van der Waals surface area (Å²) in [5.74, 6) is 1.39. The number of aliphatic hydroxyl groups excluding tert-OH is 1. The molecule has 4 aromatic carbocycles. The molecule has 0 saturated carbocycles. The van der Waals surface area contributed by atoms with Crippen LogP contribution < -0.4 is 4.74 Å². The number of carbonyl (C=O) groups is 2. The van der Waals surface area contributed by atoms with Gasteiger partial charge in [0.05, 0.1) is 10.9 Å². The monoisotopic (exact) mass is 696 g/mol. The molecular formula is C42H52N2O5S. The van der Waals surface area contributed by atoms with Crippen LogP contribution in [0.5, 0.6) is 5.75 Å². The van der Waals surface area contributed by atoms with E-state index in [1.807, 2.05) is 44.7 Å². The molecule has 4 aromatic rings. The number of unbranched alkanes of at least 4 members (excludes halogenated alkanes) is 2. The lowest BCUT2D eigenvalue weighted by molar-refractivity contribution is 0.0294. The van der Waals surface area contributed by atoms with Gasteiger partial charge in [0.2, 0.25) is 0 Å². The number of carbonyl (C=O) groups excluding carboxylic acids is 2. The lowest BCUT2D eigenvalue weighted by atomic mass is 9.84. The van der Waals surface area contributed by atoms with Gasteiger partial charge in [-0.3, -0.25) is 0 Å². The van der Waals surface area contributed by atoms with Crippen LogP contribution in [0.15, 0.2) is 115 Å². The molecule has 2 amide bonds. The molecule has 8 heteroatoms. The van der Waals surface area contributed by atoms with Crippen molar-refractivity contribution in [2.45, 2.75) is 69.3 Å². The van der Waals surface area contributed by atoms with E-state index < -0.39 is 23.9 Å². The normalized spacial score (nSPS) is 12.2. The van der Waals surface area contributed by atoms with Gasteiger partial charge in [-0.25, -0.2) is 9.59 Å². The van der Waals surface area contributed by atoms with Gasteiger partial charge >= 0.3 is 12.2 Å². The van der Waals surface area contributed by atoms with E-state index in [-0.39, 0.29) is 4.75 Å². The maximum atomic E-state index is 12.6. The number of ether oxygens (including phenoxy) is 2. The molecule has 0 saturated heterocycles. The van der Waals surface area contributed by atoms with Gasteiger partial charge in [-0.1, -0.05) is 116 Å². The zero-order valence-corrected chi connectivity index (χ0v) is 30.9. The summed E-state index contributed by atoms with van der Waals surface area (Å²) in [6.07, 6.45) is 2.73.